The lowest BCUT2D eigenvalue weighted by Crippen LogP contribution is -2.38. The number of nitrogens with zero attached hydrogens (tertiary/aromatic N) is 1. The standard InChI is InChI=1S/C18H25N3O2/c1-3-19-18(21-14-16-9-6-12-22-16)20-11-7-13-23-17-10-5-4-8-15(17)2/h4-6,8-10,12H,3,7,11,13-14H2,1-2H3,(H2,19,20,21). The molecule has 0 radical (unpaired) electrons. The third kappa shape index (κ3) is 6.06. The smallest absolute Gasteiger partial charge is 0.191 e. The molecule has 5 heteroatoms. The van der Waals surface area contributed by atoms with Gasteiger partial charge in [-0.15, -0.1) is 0 Å². The highest BCUT2D eigenvalue weighted by molar-refractivity contribution is 5.79. The highest BCUT2D eigenvalue weighted by Crippen LogP contribution is 2.15. The van der Waals surface area contributed by atoms with E-state index in [1.54, 1.807) is 6.26 Å². The normalized spacial score (nSPS) is 11.3. The summed E-state index contributed by atoms with van der Waals surface area (Å²) in [5.74, 6) is 2.59. The first-order chi connectivity index (χ1) is 11.3. The number of hydrogen-bond donors (Lipinski definition) is 2. The molecule has 1 heterocycles. The van der Waals surface area contributed by atoms with Crippen molar-refractivity contribution < 1.29 is 9.15 Å². The maximum atomic E-state index is 5.78. The van der Waals surface area contributed by atoms with Crippen molar-refractivity contribution in [2.75, 3.05) is 19.7 Å². The summed E-state index contributed by atoms with van der Waals surface area (Å²) in [5.41, 5.74) is 1.16. The molecule has 2 rings (SSSR count). The van der Waals surface area contributed by atoms with Crippen LogP contribution in [0, 0.1) is 6.92 Å². The van der Waals surface area contributed by atoms with E-state index in [2.05, 4.69) is 28.6 Å². The van der Waals surface area contributed by atoms with Gasteiger partial charge in [0.25, 0.3) is 0 Å². The third-order valence-corrected chi connectivity index (χ3v) is 3.28. The average Bonchev–Trinajstić information content (AvgIpc) is 3.07. The molecule has 0 unspecified atom stereocenters. The molecule has 5 nitrogen and oxygen atoms in total. The molecule has 23 heavy (non-hydrogen) atoms. The predicted octanol–water partition coefficient (Wildman–Crippen LogP) is 3.11. The summed E-state index contributed by atoms with van der Waals surface area (Å²) in [6, 6.07) is 11.8. The Bertz CT molecular complexity index is 594. The number of benzene rings is 1. The Balaban J connectivity index is 1.69. The highest BCUT2D eigenvalue weighted by Gasteiger charge is 2.00. The molecule has 1 aromatic carbocycles. The Morgan fingerprint density at radius 3 is 2.78 bits per heavy atom. The average molecular weight is 315 g/mol. The van der Waals surface area contributed by atoms with Gasteiger partial charge in [-0.25, -0.2) is 4.99 Å². The maximum Gasteiger partial charge on any atom is 0.191 e. The predicted molar refractivity (Wildman–Crippen MR) is 92.8 cm³/mol. The third-order valence-electron chi connectivity index (χ3n) is 3.28. The topological polar surface area (TPSA) is 58.8 Å². The van der Waals surface area contributed by atoms with Crippen LogP contribution in [0.15, 0.2) is 52.1 Å². The number of para-hydroxylation sites is 1. The zero-order chi connectivity index (χ0) is 16.3. The molecular formula is C18H25N3O2. The first-order valence-electron chi connectivity index (χ1n) is 8.02. The summed E-state index contributed by atoms with van der Waals surface area (Å²) >= 11 is 0. The zero-order valence-corrected chi connectivity index (χ0v) is 13.8. The second kappa shape index (κ2) is 9.56. The van der Waals surface area contributed by atoms with Gasteiger partial charge in [-0.3, -0.25) is 0 Å². The summed E-state index contributed by atoms with van der Waals surface area (Å²) in [5, 5.41) is 6.52. The highest BCUT2D eigenvalue weighted by atomic mass is 16.5. The fraction of sp³-hybridized carbons (Fsp3) is 0.389. The van der Waals surface area contributed by atoms with Gasteiger partial charge in [0.05, 0.1) is 12.9 Å². The second-order valence-electron chi connectivity index (χ2n) is 5.17. The van der Waals surface area contributed by atoms with Gasteiger partial charge in [0, 0.05) is 13.1 Å². The van der Waals surface area contributed by atoms with Crippen LogP contribution in [0.25, 0.3) is 0 Å². The Kier molecular flexibility index (Phi) is 7.04. The molecule has 2 aromatic rings. The Morgan fingerprint density at radius 1 is 1.17 bits per heavy atom. The second-order valence-corrected chi connectivity index (χ2v) is 5.17. The van der Waals surface area contributed by atoms with Crippen molar-refractivity contribution in [2.24, 2.45) is 4.99 Å². The largest absolute Gasteiger partial charge is 0.493 e. The molecule has 0 bridgehead atoms. The fourth-order valence-corrected chi connectivity index (χ4v) is 2.08. The molecule has 0 atom stereocenters. The van der Waals surface area contributed by atoms with E-state index in [1.165, 1.54) is 0 Å². The monoisotopic (exact) mass is 315 g/mol. The molecule has 2 N–H and O–H groups in total. The number of aliphatic imine (C=N–C) groups is 1. The van der Waals surface area contributed by atoms with Crippen LogP contribution in [0.5, 0.6) is 5.75 Å². The molecule has 0 saturated heterocycles. The van der Waals surface area contributed by atoms with Crippen LogP contribution in [0.3, 0.4) is 0 Å². The number of nitrogens with one attached hydrogen (secondary N) is 2. The van der Waals surface area contributed by atoms with E-state index in [1.807, 2.05) is 37.3 Å². The zero-order valence-electron chi connectivity index (χ0n) is 13.8. The Hall–Kier alpha value is -2.43. The summed E-state index contributed by atoms with van der Waals surface area (Å²) in [4.78, 5) is 4.49. The van der Waals surface area contributed by atoms with Crippen molar-refractivity contribution in [3.63, 3.8) is 0 Å². The van der Waals surface area contributed by atoms with Crippen molar-refractivity contribution in [3.8, 4) is 5.75 Å². The molecule has 0 aliphatic carbocycles. The molecule has 124 valence electrons. The molecule has 0 amide bonds. The molecule has 1 aromatic heterocycles. The molecule has 0 spiro atoms. The Labute approximate surface area is 137 Å². The molecular weight excluding hydrogens is 290 g/mol. The minimum Gasteiger partial charge on any atom is -0.493 e. The van der Waals surface area contributed by atoms with Gasteiger partial charge in [-0.2, -0.15) is 0 Å². The van der Waals surface area contributed by atoms with Crippen LogP contribution in [0.4, 0.5) is 0 Å². The van der Waals surface area contributed by atoms with E-state index in [0.717, 1.165) is 42.5 Å². The van der Waals surface area contributed by atoms with E-state index in [4.69, 9.17) is 9.15 Å². The summed E-state index contributed by atoms with van der Waals surface area (Å²) in [7, 11) is 0. The maximum absolute atomic E-state index is 5.78. The molecule has 0 aliphatic rings. The SMILES string of the molecule is CCNC(=NCc1ccco1)NCCCOc1ccccc1C. The molecule has 0 saturated carbocycles. The van der Waals surface area contributed by atoms with Crippen LogP contribution < -0.4 is 15.4 Å². The number of guanidine groups is 1. The van der Waals surface area contributed by atoms with Gasteiger partial charge in [0.2, 0.25) is 0 Å². The van der Waals surface area contributed by atoms with Crippen LogP contribution in [-0.2, 0) is 6.54 Å². The molecule has 0 fully saturated rings. The van der Waals surface area contributed by atoms with E-state index >= 15 is 0 Å². The quantitative estimate of drug-likeness (QED) is 0.446. The number of rotatable bonds is 8. The summed E-state index contributed by atoms with van der Waals surface area (Å²) < 4.78 is 11.1. The number of hydrogen-bond acceptors (Lipinski definition) is 3. The number of aryl methyl sites for hydroxylation is 1. The van der Waals surface area contributed by atoms with Gasteiger partial charge in [0.15, 0.2) is 5.96 Å². The van der Waals surface area contributed by atoms with Crippen molar-refractivity contribution in [3.05, 3.63) is 54.0 Å². The van der Waals surface area contributed by atoms with Gasteiger partial charge >= 0.3 is 0 Å². The first kappa shape index (κ1) is 16.9. The van der Waals surface area contributed by atoms with E-state index in [0.29, 0.717) is 13.2 Å². The van der Waals surface area contributed by atoms with Gasteiger partial charge in [-0.05, 0) is 44.0 Å². The Morgan fingerprint density at radius 2 is 2.04 bits per heavy atom. The minimum absolute atomic E-state index is 0.530. The van der Waals surface area contributed by atoms with E-state index in [9.17, 15) is 0 Å². The van der Waals surface area contributed by atoms with Gasteiger partial charge < -0.3 is 19.8 Å². The van der Waals surface area contributed by atoms with E-state index < -0.39 is 0 Å². The van der Waals surface area contributed by atoms with Crippen LogP contribution >= 0.6 is 0 Å². The molecule has 0 aliphatic heterocycles. The lowest BCUT2D eigenvalue weighted by Gasteiger charge is -2.12. The van der Waals surface area contributed by atoms with Gasteiger partial charge in [-0.1, -0.05) is 18.2 Å². The first-order valence-corrected chi connectivity index (χ1v) is 8.02. The van der Waals surface area contributed by atoms with Crippen molar-refractivity contribution in [1.29, 1.82) is 0 Å². The van der Waals surface area contributed by atoms with Crippen molar-refractivity contribution in [1.82, 2.24) is 10.6 Å². The van der Waals surface area contributed by atoms with Crippen LogP contribution in [0.1, 0.15) is 24.7 Å². The number of furan rings is 1. The summed E-state index contributed by atoms with van der Waals surface area (Å²) in [6.45, 7) is 6.93. The van der Waals surface area contributed by atoms with Crippen molar-refractivity contribution in [2.45, 2.75) is 26.8 Å². The van der Waals surface area contributed by atoms with E-state index in [-0.39, 0.29) is 0 Å². The van der Waals surface area contributed by atoms with Gasteiger partial charge in [0.1, 0.15) is 18.1 Å². The summed E-state index contributed by atoms with van der Waals surface area (Å²) in [6.07, 6.45) is 2.56. The lowest BCUT2D eigenvalue weighted by molar-refractivity contribution is 0.309. The fourth-order valence-electron chi connectivity index (χ4n) is 2.08. The number of ether oxygens (including phenoxy) is 1. The van der Waals surface area contributed by atoms with Crippen LogP contribution in [0.2, 0.25) is 0 Å². The van der Waals surface area contributed by atoms with Crippen molar-refractivity contribution >= 4 is 5.96 Å². The van der Waals surface area contributed by atoms with Crippen LogP contribution in [-0.4, -0.2) is 25.7 Å². The minimum atomic E-state index is 0.530. The lowest BCUT2D eigenvalue weighted by atomic mass is 10.2.